The molecule has 2 aliphatic rings. The molecule has 0 saturated heterocycles. The van der Waals surface area contributed by atoms with Gasteiger partial charge in [0.05, 0.1) is 0 Å². The van der Waals surface area contributed by atoms with Crippen LogP contribution >= 0.6 is 0 Å². The third kappa shape index (κ3) is 1.75. The van der Waals surface area contributed by atoms with Gasteiger partial charge in [-0.05, 0) is 48.3 Å². The van der Waals surface area contributed by atoms with Crippen molar-refractivity contribution in [2.75, 3.05) is 0 Å². The average molecular weight is 220 g/mol. The second-order valence-corrected chi connectivity index (χ2v) is 7.52. The van der Waals surface area contributed by atoms with Crippen molar-refractivity contribution in [3.63, 3.8) is 0 Å². The van der Waals surface area contributed by atoms with Crippen LogP contribution in [0.3, 0.4) is 0 Å². The standard InChI is InChI=1S/C16H28/c1-11-7-8-13-14(9-11)16(5,6)12(2)10-15(13,3)4/h11-12H,7-10H2,1-6H3. The van der Waals surface area contributed by atoms with E-state index in [9.17, 15) is 0 Å². The van der Waals surface area contributed by atoms with Gasteiger partial charge in [-0.3, -0.25) is 0 Å². The molecule has 0 saturated carbocycles. The first-order chi connectivity index (χ1) is 7.25. The van der Waals surface area contributed by atoms with Gasteiger partial charge in [-0.25, -0.2) is 0 Å². The summed E-state index contributed by atoms with van der Waals surface area (Å²) < 4.78 is 0. The van der Waals surface area contributed by atoms with Crippen LogP contribution in [0.25, 0.3) is 0 Å². The SMILES string of the molecule is CC1CCC2=C(C1)C(C)(C)C(C)CC2(C)C. The fourth-order valence-corrected chi connectivity index (χ4v) is 3.96. The molecular weight excluding hydrogens is 192 g/mol. The van der Waals surface area contributed by atoms with Crippen LogP contribution in [0, 0.1) is 22.7 Å². The van der Waals surface area contributed by atoms with E-state index >= 15 is 0 Å². The molecule has 0 fully saturated rings. The first-order valence-electron chi connectivity index (χ1n) is 6.98. The molecule has 0 bridgehead atoms. The maximum atomic E-state index is 2.47. The Balaban J connectivity index is 2.48. The van der Waals surface area contributed by atoms with Gasteiger partial charge in [0, 0.05) is 0 Å². The summed E-state index contributed by atoms with van der Waals surface area (Å²) in [7, 11) is 0. The van der Waals surface area contributed by atoms with Gasteiger partial charge in [0.15, 0.2) is 0 Å². The zero-order valence-electron chi connectivity index (χ0n) is 12.0. The molecule has 2 aliphatic carbocycles. The third-order valence-corrected chi connectivity index (χ3v) is 5.45. The largest absolute Gasteiger partial charge is 0.0648 e. The van der Waals surface area contributed by atoms with Crippen LogP contribution in [-0.2, 0) is 0 Å². The van der Waals surface area contributed by atoms with Crippen molar-refractivity contribution in [1.82, 2.24) is 0 Å². The van der Waals surface area contributed by atoms with Gasteiger partial charge in [0.25, 0.3) is 0 Å². The van der Waals surface area contributed by atoms with E-state index in [2.05, 4.69) is 41.5 Å². The number of allylic oxidation sites excluding steroid dienone is 2. The molecule has 92 valence electrons. The predicted molar refractivity (Wildman–Crippen MR) is 71.4 cm³/mol. The van der Waals surface area contributed by atoms with Crippen molar-refractivity contribution >= 4 is 0 Å². The lowest BCUT2D eigenvalue weighted by Crippen LogP contribution is -2.39. The van der Waals surface area contributed by atoms with E-state index in [1.165, 1.54) is 25.7 Å². The molecule has 2 atom stereocenters. The van der Waals surface area contributed by atoms with E-state index < -0.39 is 0 Å². The molecule has 0 N–H and O–H groups in total. The molecular formula is C16H28. The van der Waals surface area contributed by atoms with Gasteiger partial charge in [-0.15, -0.1) is 0 Å². The molecule has 16 heavy (non-hydrogen) atoms. The predicted octanol–water partition coefficient (Wildman–Crippen LogP) is 5.20. The zero-order chi connectivity index (χ0) is 12.1. The second kappa shape index (κ2) is 3.62. The highest BCUT2D eigenvalue weighted by Gasteiger charge is 2.44. The molecule has 0 aromatic rings. The average Bonchev–Trinajstić information content (AvgIpc) is 2.14. The van der Waals surface area contributed by atoms with Gasteiger partial charge in [-0.2, -0.15) is 0 Å². The summed E-state index contributed by atoms with van der Waals surface area (Å²) in [6, 6.07) is 0. The van der Waals surface area contributed by atoms with E-state index in [0.29, 0.717) is 10.8 Å². The molecule has 0 aromatic heterocycles. The molecule has 0 amide bonds. The molecule has 0 radical (unpaired) electrons. The van der Waals surface area contributed by atoms with Gasteiger partial charge in [0.1, 0.15) is 0 Å². The van der Waals surface area contributed by atoms with Crippen LogP contribution in [0.4, 0.5) is 0 Å². The highest BCUT2D eigenvalue weighted by Crippen LogP contribution is 2.56. The van der Waals surface area contributed by atoms with Crippen LogP contribution < -0.4 is 0 Å². The molecule has 0 aromatic carbocycles. The first-order valence-corrected chi connectivity index (χ1v) is 6.98. The van der Waals surface area contributed by atoms with Gasteiger partial charge in [0.2, 0.25) is 0 Å². The fourth-order valence-electron chi connectivity index (χ4n) is 3.96. The zero-order valence-corrected chi connectivity index (χ0v) is 12.0. The van der Waals surface area contributed by atoms with Crippen LogP contribution in [0.1, 0.15) is 67.2 Å². The lowest BCUT2D eigenvalue weighted by molar-refractivity contribution is 0.149. The molecule has 0 aliphatic heterocycles. The first kappa shape index (κ1) is 12.2. The van der Waals surface area contributed by atoms with Crippen molar-refractivity contribution in [3.05, 3.63) is 11.1 Å². The maximum Gasteiger partial charge on any atom is -0.0116 e. The topological polar surface area (TPSA) is 0 Å². The van der Waals surface area contributed by atoms with E-state index in [4.69, 9.17) is 0 Å². The minimum atomic E-state index is 0.444. The summed E-state index contributed by atoms with van der Waals surface area (Å²) >= 11 is 0. The summed E-state index contributed by atoms with van der Waals surface area (Å²) in [5, 5.41) is 0. The number of hydrogen-bond donors (Lipinski definition) is 0. The Labute approximate surface area is 102 Å². The second-order valence-electron chi connectivity index (χ2n) is 7.52. The van der Waals surface area contributed by atoms with E-state index in [-0.39, 0.29) is 0 Å². The minimum Gasteiger partial charge on any atom is -0.0648 e. The molecule has 0 heterocycles. The monoisotopic (exact) mass is 220 g/mol. The fraction of sp³-hybridized carbons (Fsp3) is 0.875. The maximum absolute atomic E-state index is 2.47. The molecule has 0 heteroatoms. The summed E-state index contributed by atoms with van der Waals surface area (Å²) in [5.41, 5.74) is 4.54. The Morgan fingerprint density at radius 2 is 1.62 bits per heavy atom. The summed E-state index contributed by atoms with van der Waals surface area (Å²) in [4.78, 5) is 0. The Morgan fingerprint density at radius 1 is 1.00 bits per heavy atom. The molecule has 0 nitrogen and oxygen atoms in total. The molecule has 0 spiro atoms. The summed E-state index contributed by atoms with van der Waals surface area (Å²) in [6.45, 7) is 14.7. The molecule has 2 rings (SSSR count). The Bertz CT molecular complexity index is 317. The van der Waals surface area contributed by atoms with Gasteiger partial charge in [-0.1, -0.05) is 52.7 Å². The smallest absolute Gasteiger partial charge is 0.0116 e. The quantitative estimate of drug-likeness (QED) is 0.492. The van der Waals surface area contributed by atoms with Crippen LogP contribution in [0.2, 0.25) is 0 Å². The minimum absolute atomic E-state index is 0.444. The van der Waals surface area contributed by atoms with E-state index in [1.54, 1.807) is 0 Å². The number of rotatable bonds is 0. The van der Waals surface area contributed by atoms with Crippen molar-refractivity contribution in [1.29, 1.82) is 0 Å². The van der Waals surface area contributed by atoms with Crippen LogP contribution in [0.5, 0.6) is 0 Å². The Kier molecular flexibility index (Phi) is 2.76. The normalized spacial score (nSPS) is 37.1. The van der Waals surface area contributed by atoms with Crippen molar-refractivity contribution in [2.45, 2.75) is 67.2 Å². The number of hydrogen-bond acceptors (Lipinski definition) is 0. The summed E-state index contributed by atoms with van der Waals surface area (Å²) in [5.74, 6) is 1.73. The summed E-state index contributed by atoms with van der Waals surface area (Å²) in [6.07, 6.45) is 5.50. The van der Waals surface area contributed by atoms with Crippen molar-refractivity contribution in [3.8, 4) is 0 Å². The van der Waals surface area contributed by atoms with Crippen molar-refractivity contribution < 1.29 is 0 Å². The Morgan fingerprint density at radius 3 is 2.25 bits per heavy atom. The van der Waals surface area contributed by atoms with Gasteiger partial charge < -0.3 is 0 Å². The van der Waals surface area contributed by atoms with Crippen molar-refractivity contribution in [2.24, 2.45) is 22.7 Å². The van der Waals surface area contributed by atoms with Crippen LogP contribution in [-0.4, -0.2) is 0 Å². The third-order valence-electron chi connectivity index (χ3n) is 5.45. The Hall–Kier alpha value is -0.260. The lowest BCUT2D eigenvalue weighted by Gasteiger charge is -2.51. The highest BCUT2D eigenvalue weighted by molar-refractivity contribution is 5.32. The van der Waals surface area contributed by atoms with E-state index in [0.717, 1.165) is 11.8 Å². The van der Waals surface area contributed by atoms with Crippen LogP contribution in [0.15, 0.2) is 11.1 Å². The van der Waals surface area contributed by atoms with E-state index in [1.807, 2.05) is 11.1 Å². The highest BCUT2D eigenvalue weighted by atomic mass is 14.5. The van der Waals surface area contributed by atoms with Gasteiger partial charge >= 0.3 is 0 Å². The molecule has 2 unspecified atom stereocenters. The lowest BCUT2D eigenvalue weighted by atomic mass is 9.54.